The molecular weight excluding hydrogens is 258 g/mol. The topological polar surface area (TPSA) is 79.0 Å². The van der Waals surface area contributed by atoms with Crippen molar-refractivity contribution in [3.05, 3.63) is 23.8 Å². The van der Waals surface area contributed by atoms with Crippen LogP contribution in [0.3, 0.4) is 0 Å². The lowest BCUT2D eigenvalue weighted by Crippen LogP contribution is -2.48. The lowest BCUT2D eigenvalue weighted by molar-refractivity contribution is 0.0727. The third-order valence-electron chi connectivity index (χ3n) is 3.43. The van der Waals surface area contributed by atoms with E-state index in [9.17, 15) is 9.90 Å². The Balaban J connectivity index is 2.27. The number of hydrogen-bond donors (Lipinski definition) is 2. The van der Waals surface area contributed by atoms with Crippen molar-refractivity contribution < 1.29 is 14.6 Å². The maximum atomic E-state index is 11.9. The molecule has 0 saturated carbocycles. The number of hydrogen-bond acceptors (Lipinski definition) is 5. The first-order chi connectivity index (χ1) is 9.54. The maximum absolute atomic E-state index is 11.9. The summed E-state index contributed by atoms with van der Waals surface area (Å²) in [6, 6.07) is 5.18. The highest BCUT2D eigenvalue weighted by Crippen LogP contribution is 2.27. The van der Waals surface area contributed by atoms with Crippen molar-refractivity contribution in [2.45, 2.75) is 6.04 Å². The quantitative estimate of drug-likeness (QED) is 0.771. The number of ether oxygens (including phenoxy) is 1. The standard InChI is InChI=1S/C14H21N3O3/c1-16(2)14(19)10-3-4-13(12(15)7-10)17-5-6-20-9-11(17)8-18/h3-4,7,11,18H,5-6,8-9,15H2,1-2H3. The van der Waals surface area contributed by atoms with Crippen molar-refractivity contribution >= 4 is 17.3 Å². The normalized spacial score (nSPS) is 18.9. The minimum atomic E-state index is -0.0959. The van der Waals surface area contributed by atoms with Crippen LogP contribution in [0.1, 0.15) is 10.4 Å². The number of rotatable bonds is 3. The Hall–Kier alpha value is -1.79. The van der Waals surface area contributed by atoms with Gasteiger partial charge in [-0.05, 0) is 18.2 Å². The molecule has 6 nitrogen and oxygen atoms in total. The summed E-state index contributed by atoms with van der Waals surface area (Å²) in [4.78, 5) is 15.4. The number of morpholine rings is 1. The van der Waals surface area contributed by atoms with Crippen molar-refractivity contribution in [3.63, 3.8) is 0 Å². The Bertz CT molecular complexity index is 491. The molecule has 0 bridgehead atoms. The second-order valence-electron chi connectivity index (χ2n) is 5.08. The third-order valence-corrected chi connectivity index (χ3v) is 3.43. The van der Waals surface area contributed by atoms with E-state index in [-0.39, 0.29) is 18.6 Å². The fourth-order valence-electron chi connectivity index (χ4n) is 2.33. The molecule has 0 aliphatic carbocycles. The van der Waals surface area contributed by atoms with E-state index in [4.69, 9.17) is 10.5 Å². The summed E-state index contributed by atoms with van der Waals surface area (Å²) in [5.41, 5.74) is 8.01. The van der Waals surface area contributed by atoms with Gasteiger partial charge in [-0.25, -0.2) is 0 Å². The molecule has 1 aromatic rings. The van der Waals surface area contributed by atoms with Crippen LogP contribution >= 0.6 is 0 Å². The molecule has 0 radical (unpaired) electrons. The van der Waals surface area contributed by atoms with Gasteiger partial charge < -0.3 is 25.4 Å². The van der Waals surface area contributed by atoms with Gasteiger partial charge in [-0.1, -0.05) is 0 Å². The molecule has 1 aromatic carbocycles. The van der Waals surface area contributed by atoms with Crippen LogP contribution in [0.15, 0.2) is 18.2 Å². The van der Waals surface area contributed by atoms with Gasteiger partial charge in [0, 0.05) is 26.2 Å². The number of nitrogens with two attached hydrogens (primary N) is 1. The number of nitrogen functional groups attached to an aromatic ring is 1. The molecule has 1 amide bonds. The van der Waals surface area contributed by atoms with E-state index in [1.54, 1.807) is 26.2 Å². The summed E-state index contributed by atoms with van der Waals surface area (Å²) >= 11 is 0. The van der Waals surface area contributed by atoms with Crippen molar-refractivity contribution in [1.82, 2.24) is 4.90 Å². The van der Waals surface area contributed by atoms with Crippen LogP contribution < -0.4 is 10.6 Å². The van der Waals surface area contributed by atoms with Crippen LogP contribution in [-0.4, -0.2) is 62.4 Å². The number of aliphatic hydroxyl groups excluding tert-OH is 1. The van der Waals surface area contributed by atoms with Crippen molar-refractivity contribution in [2.75, 3.05) is 51.1 Å². The molecule has 2 rings (SSSR count). The third kappa shape index (κ3) is 2.86. The van der Waals surface area contributed by atoms with Crippen LogP contribution in [0.5, 0.6) is 0 Å². The molecule has 110 valence electrons. The average Bonchev–Trinajstić information content (AvgIpc) is 2.46. The zero-order valence-corrected chi connectivity index (χ0v) is 11.9. The molecular formula is C14H21N3O3. The summed E-state index contributed by atoms with van der Waals surface area (Å²) in [7, 11) is 3.41. The van der Waals surface area contributed by atoms with E-state index in [0.29, 0.717) is 31.0 Å². The number of amides is 1. The van der Waals surface area contributed by atoms with Gasteiger partial charge in [-0.15, -0.1) is 0 Å². The van der Waals surface area contributed by atoms with E-state index in [2.05, 4.69) is 0 Å². The van der Waals surface area contributed by atoms with Crippen LogP contribution in [0.2, 0.25) is 0 Å². The summed E-state index contributed by atoms with van der Waals surface area (Å²) in [5, 5.41) is 9.41. The second kappa shape index (κ2) is 6.11. The lowest BCUT2D eigenvalue weighted by Gasteiger charge is -2.37. The molecule has 1 aliphatic rings. The van der Waals surface area contributed by atoms with Crippen molar-refractivity contribution in [3.8, 4) is 0 Å². The fraction of sp³-hybridized carbons (Fsp3) is 0.500. The highest BCUT2D eigenvalue weighted by molar-refractivity contribution is 5.95. The highest BCUT2D eigenvalue weighted by atomic mass is 16.5. The van der Waals surface area contributed by atoms with Gasteiger partial charge in [0.25, 0.3) is 5.91 Å². The Labute approximate surface area is 118 Å². The number of aliphatic hydroxyl groups is 1. The van der Waals surface area contributed by atoms with Crippen LogP contribution in [0.25, 0.3) is 0 Å². The molecule has 20 heavy (non-hydrogen) atoms. The first-order valence-corrected chi connectivity index (χ1v) is 6.61. The summed E-state index contributed by atoms with van der Waals surface area (Å²) in [6.45, 7) is 1.77. The van der Waals surface area contributed by atoms with Crippen LogP contribution in [-0.2, 0) is 4.74 Å². The Morgan fingerprint density at radius 1 is 1.55 bits per heavy atom. The van der Waals surface area contributed by atoms with E-state index in [1.807, 2.05) is 11.0 Å². The van der Waals surface area contributed by atoms with E-state index in [0.717, 1.165) is 5.69 Å². The number of nitrogens with zero attached hydrogens (tertiary/aromatic N) is 2. The van der Waals surface area contributed by atoms with E-state index in [1.165, 1.54) is 4.90 Å². The molecule has 1 saturated heterocycles. The van der Waals surface area contributed by atoms with Gasteiger partial charge >= 0.3 is 0 Å². The largest absolute Gasteiger partial charge is 0.397 e. The van der Waals surface area contributed by atoms with Gasteiger partial charge in [-0.2, -0.15) is 0 Å². The Morgan fingerprint density at radius 2 is 2.30 bits per heavy atom. The number of carbonyl (C=O) groups excluding carboxylic acids is 1. The minimum Gasteiger partial charge on any atom is -0.397 e. The predicted molar refractivity (Wildman–Crippen MR) is 77.9 cm³/mol. The molecule has 1 unspecified atom stereocenters. The van der Waals surface area contributed by atoms with Gasteiger partial charge in [0.2, 0.25) is 0 Å². The minimum absolute atomic E-state index is 0.0117. The lowest BCUT2D eigenvalue weighted by atomic mass is 10.1. The fourth-order valence-corrected chi connectivity index (χ4v) is 2.33. The smallest absolute Gasteiger partial charge is 0.253 e. The van der Waals surface area contributed by atoms with Crippen molar-refractivity contribution in [1.29, 1.82) is 0 Å². The first kappa shape index (κ1) is 14.6. The molecule has 6 heteroatoms. The highest BCUT2D eigenvalue weighted by Gasteiger charge is 2.24. The zero-order valence-electron chi connectivity index (χ0n) is 11.9. The molecule has 1 fully saturated rings. The molecule has 0 aromatic heterocycles. The van der Waals surface area contributed by atoms with E-state index < -0.39 is 0 Å². The predicted octanol–water partition coefficient (Wildman–Crippen LogP) is 0.168. The monoisotopic (exact) mass is 279 g/mol. The zero-order chi connectivity index (χ0) is 14.7. The summed E-state index contributed by atoms with van der Waals surface area (Å²) in [6.07, 6.45) is 0. The van der Waals surface area contributed by atoms with Gasteiger partial charge in [-0.3, -0.25) is 4.79 Å². The molecule has 3 N–H and O–H groups in total. The van der Waals surface area contributed by atoms with Gasteiger partial charge in [0.05, 0.1) is 37.2 Å². The SMILES string of the molecule is CN(C)C(=O)c1ccc(N2CCOCC2CO)c(N)c1. The molecule has 1 atom stereocenters. The first-order valence-electron chi connectivity index (χ1n) is 6.61. The van der Waals surface area contributed by atoms with Crippen molar-refractivity contribution in [2.24, 2.45) is 0 Å². The molecule has 1 heterocycles. The molecule has 1 aliphatic heterocycles. The second-order valence-corrected chi connectivity index (χ2v) is 5.08. The summed E-state index contributed by atoms with van der Waals surface area (Å²) in [5.74, 6) is -0.0797. The van der Waals surface area contributed by atoms with E-state index >= 15 is 0 Å². The molecule has 0 spiro atoms. The Morgan fingerprint density at radius 3 is 2.90 bits per heavy atom. The number of carbonyl (C=O) groups is 1. The van der Waals surface area contributed by atoms with Crippen LogP contribution in [0.4, 0.5) is 11.4 Å². The number of anilines is 2. The van der Waals surface area contributed by atoms with Gasteiger partial charge in [0.15, 0.2) is 0 Å². The van der Waals surface area contributed by atoms with Gasteiger partial charge in [0.1, 0.15) is 0 Å². The average molecular weight is 279 g/mol. The summed E-state index contributed by atoms with van der Waals surface area (Å²) < 4.78 is 5.35. The van der Waals surface area contributed by atoms with Crippen LogP contribution in [0, 0.1) is 0 Å². The maximum Gasteiger partial charge on any atom is 0.253 e. The Kier molecular flexibility index (Phi) is 4.46. The number of benzene rings is 1.